The van der Waals surface area contributed by atoms with E-state index in [2.05, 4.69) is 17.2 Å². The van der Waals surface area contributed by atoms with Crippen LogP contribution in [0.15, 0.2) is 36.5 Å². The van der Waals surface area contributed by atoms with Gasteiger partial charge in [0.25, 0.3) is 0 Å². The van der Waals surface area contributed by atoms with Gasteiger partial charge in [-0.2, -0.15) is 0 Å². The molecule has 3 N–H and O–H groups in total. The van der Waals surface area contributed by atoms with Gasteiger partial charge in [0.1, 0.15) is 0 Å². The maximum Gasteiger partial charge on any atom is 0.224 e. The topological polar surface area (TPSA) is 68.0 Å². The van der Waals surface area contributed by atoms with Crippen LogP contribution >= 0.6 is 0 Å². The van der Waals surface area contributed by atoms with Gasteiger partial charge in [0, 0.05) is 11.8 Å². The minimum absolute atomic E-state index is 0.0440. The lowest BCUT2D eigenvalue weighted by molar-refractivity contribution is -0.116. The van der Waals surface area contributed by atoms with Crippen LogP contribution < -0.4 is 11.1 Å². The molecule has 4 nitrogen and oxygen atoms in total. The van der Waals surface area contributed by atoms with Crippen LogP contribution in [0.5, 0.6) is 0 Å². The Morgan fingerprint density at radius 3 is 2.90 bits per heavy atom. The third-order valence-corrected chi connectivity index (χ3v) is 3.81. The molecule has 2 aromatic rings. The first-order valence-electron chi connectivity index (χ1n) is 7.57. The van der Waals surface area contributed by atoms with E-state index in [0.717, 1.165) is 35.9 Å². The summed E-state index contributed by atoms with van der Waals surface area (Å²) in [4.78, 5) is 16.3. The largest absolute Gasteiger partial charge is 0.330 e. The van der Waals surface area contributed by atoms with Crippen molar-refractivity contribution in [3.8, 4) is 0 Å². The van der Waals surface area contributed by atoms with Gasteiger partial charge in [-0.1, -0.05) is 31.5 Å². The maximum atomic E-state index is 12.0. The Balaban J connectivity index is 1.91. The van der Waals surface area contributed by atoms with E-state index < -0.39 is 0 Å². The summed E-state index contributed by atoms with van der Waals surface area (Å²) < 4.78 is 0. The van der Waals surface area contributed by atoms with Crippen molar-refractivity contribution in [1.29, 1.82) is 0 Å². The molecule has 0 radical (unpaired) electrons. The molecule has 4 heteroatoms. The van der Waals surface area contributed by atoms with Gasteiger partial charge in [0.2, 0.25) is 5.91 Å². The molecule has 21 heavy (non-hydrogen) atoms. The van der Waals surface area contributed by atoms with E-state index in [-0.39, 0.29) is 5.91 Å². The summed E-state index contributed by atoms with van der Waals surface area (Å²) in [7, 11) is 0. The first kappa shape index (κ1) is 15.4. The standard InChI is InChI=1S/C17H23N3O/c1-2-13(9-10-18)7-8-17(21)20-15-11-14-5-3-4-6-16(14)19-12-15/h3-6,11-13H,2,7-10,18H2,1H3,(H,20,21). The van der Waals surface area contributed by atoms with Crippen LogP contribution in [0.1, 0.15) is 32.6 Å². The molecule has 1 amide bonds. The average Bonchev–Trinajstić information content (AvgIpc) is 2.51. The number of nitrogens with one attached hydrogen (secondary N) is 1. The number of aromatic nitrogens is 1. The van der Waals surface area contributed by atoms with Crippen LogP contribution in [0.4, 0.5) is 5.69 Å². The highest BCUT2D eigenvalue weighted by atomic mass is 16.1. The molecule has 0 aliphatic rings. The zero-order chi connectivity index (χ0) is 15.1. The SMILES string of the molecule is CCC(CCN)CCC(=O)Nc1cnc2ccccc2c1. The normalized spacial score (nSPS) is 12.3. The van der Waals surface area contributed by atoms with Gasteiger partial charge in [0.15, 0.2) is 0 Å². The molecule has 0 spiro atoms. The van der Waals surface area contributed by atoms with Crippen molar-refractivity contribution in [2.75, 3.05) is 11.9 Å². The smallest absolute Gasteiger partial charge is 0.224 e. The van der Waals surface area contributed by atoms with E-state index in [1.54, 1.807) is 6.20 Å². The molecule has 0 aliphatic heterocycles. The van der Waals surface area contributed by atoms with Crippen LogP contribution in [-0.2, 0) is 4.79 Å². The number of fused-ring (bicyclic) bond motifs is 1. The third kappa shape index (κ3) is 4.53. The number of rotatable bonds is 7. The summed E-state index contributed by atoms with van der Waals surface area (Å²) in [6.45, 7) is 2.83. The number of nitrogens with two attached hydrogens (primary N) is 1. The van der Waals surface area contributed by atoms with E-state index >= 15 is 0 Å². The summed E-state index contributed by atoms with van der Waals surface area (Å²) in [5.41, 5.74) is 7.27. The van der Waals surface area contributed by atoms with Crippen molar-refractivity contribution < 1.29 is 4.79 Å². The van der Waals surface area contributed by atoms with Gasteiger partial charge in [-0.3, -0.25) is 9.78 Å². The maximum absolute atomic E-state index is 12.0. The fourth-order valence-corrected chi connectivity index (χ4v) is 2.49. The van der Waals surface area contributed by atoms with Crippen molar-refractivity contribution in [3.63, 3.8) is 0 Å². The lowest BCUT2D eigenvalue weighted by Gasteiger charge is -2.13. The fourth-order valence-electron chi connectivity index (χ4n) is 2.49. The minimum Gasteiger partial charge on any atom is -0.330 e. The molecule has 0 aliphatic carbocycles. The van der Waals surface area contributed by atoms with Crippen molar-refractivity contribution in [1.82, 2.24) is 4.98 Å². The molecule has 0 saturated heterocycles. The highest BCUT2D eigenvalue weighted by Crippen LogP contribution is 2.18. The Hall–Kier alpha value is -1.94. The number of pyridine rings is 1. The minimum atomic E-state index is 0.0440. The number of anilines is 1. The predicted octanol–water partition coefficient (Wildman–Crippen LogP) is 3.33. The first-order valence-corrected chi connectivity index (χ1v) is 7.57. The number of para-hydroxylation sites is 1. The third-order valence-electron chi connectivity index (χ3n) is 3.81. The molecular formula is C17H23N3O. The van der Waals surface area contributed by atoms with Crippen LogP contribution in [0, 0.1) is 5.92 Å². The monoisotopic (exact) mass is 285 g/mol. The Morgan fingerprint density at radius 2 is 2.14 bits per heavy atom. The Morgan fingerprint density at radius 1 is 1.33 bits per heavy atom. The molecule has 0 saturated carbocycles. The van der Waals surface area contributed by atoms with Crippen molar-refractivity contribution >= 4 is 22.5 Å². The molecule has 1 aromatic heterocycles. The molecule has 1 aromatic carbocycles. The predicted molar refractivity (Wildman–Crippen MR) is 87.1 cm³/mol. The second kappa shape index (κ2) is 7.74. The Kier molecular flexibility index (Phi) is 5.69. The van der Waals surface area contributed by atoms with Gasteiger partial charge in [-0.25, -0.2) is 0 Å². The zero-order valence-electron chi connectivity index (χ0n) is 12.5. The van der Waals surface area contributed by atoms with Crippen LogP contribution in [-0.4, -0.2) is 17.4 Å². The molecule has 0 bridgehead atoms. The van der Waals surface area contributed by atoms with Crippen LogP contribution in [0.2, 0.25) is 0 Å². The molecule has 1 heterocycles. The van der Waals surface area contributed by atoms with E-state index in [1.165, 1.54) is 0 Å². The van der Waals surface area contributed by atoms with E-state index in [0.29, 0.717) is 18.9 Å². The molecule has 1 atom stereocenters. The summed E-state index contributed by atoms with van der Waals surface area (Å²) in [6, 6.07) is 9.83. The fraction of sp³-hybridized carbons (Fsp3) is 0.412. The molecule has 112 valence electrons. The number of hydrogen-bond acceptors (Lipinski definition) is 3. The van der Waals surface area contributed by atoms with Crippen LogP contribution in [0.3, 0.4) is 0 Å². The van der Waals surface area contributed by atoms with Gasteiger partial charge in [0.05, 0.1) is 17.4 Å². The molecule has 1 unspecified atom stereocenters. The lowest BCUT2D eigenvalue weighted by Crippen LogP contribution is -2.15. The Bertz CT molecular complexity index is 597. The number of benzene rings is 1. The summed E-state index contributed by atoms with van der Waals surface area (Å²) in [6.07, 6.45) is 5.19. The first-order chi connectivity index (χ1) is 10.2. The quantitative estimate of drug-likeness (QED) is 0.820. The van der Waals surface area contributed by atoms with Gasteiger partial charge in [-0.05, 0) is 37.4 Å². The highest BCUT2D eigenvalue weighted by Gasteiger charge is 2.09. The summed E-state index contributed by atoms with van der Waals surface area (Å²) in [5.74, 6) is 0.582. The highest BCUT2D eigenvalue weighted by molar-refractivity contribution is 5.93. The second-order valence-electron chi connectivity index (χ2n) is 5.36. The number of carbonyl (C=O) groups is 1. The number of hydrogen-bond donors (Lipinski definition) is 2. The van der Waals surface area contributed by atoms with E-state index in [4.69, 9.17) is 5.73 Å². The van der Waals surface area contributed by atoms with Gasteiger partial charge in [-0.15, -0.1) is 0 Å². The number of nitrogens with zero attached hydrogens (tertiary/aromatic N) is 1. The van der Waals surface area contributed by atoms with Crippen LogP contribution in [0.25, 0.3) is 10.9 Å². The number of amides is 1. The Labute approximate surface area is 125 Å². The summed E-state index contributed by atoms with van der Waals surface area (Å²) in [5, 5.41) is 3.96. The van der Waals surface area contributed by atoms with Crippen molar-refractivity contribution in [2.24, 2.45) is 11.7 Å². The summed E-state index contributed by atoms with van der Waals surface area (Å²) >= 11 is 0. The van der Waals surface area contributed by atoms with E-state index in [9.17, 15) is 4.79 Å². The lowest BCUT2D eigenvalue weighted by atomic mass is 9.96. The van der Waals surface area contributed by atoms with Crippen molar-refractivity contribution in [3.05, 3.63) is 36.5 Å². The zero-order valence-corrected chi connectivity index (χ0v) is 12.5. The second-order valence-corrected chi connectivity index (χ2v) is 5.36. The van der Waals surface area contributed by atoms with E-state index in [1.807, 2.05) is 30.3 Å². The number of carbonyl (C=O) groups excluding carboxylic acids is 1. The van der Waals surface area contributed by atoms with Gasteiger partial charge >= 0.3 is 0 Å². The average molecular weight is 285 g/mol. The molecular weight excluding hydrogens is 262 g/mol. The van der Waals surface area contributed by atoms with Crippen molar-refractivity contribution in [2.45, 2.75) is 32.6 Å². The molecule has 2 rings (SSSR count). The molecule has 0 fully saturated rings. The van der Waals surface area contributed by atoms with Gasteiger partial charge < -0.3 is 11.1 Å².